The van der Waals surface area contributed by atoms with Crippen LogP contribution in [0.15, 0.2) is 36.4 Å². The van der Waals surface area contributed by atoms with Crippen LogP contribution in [0, 0.1) is 0 Å². The van der Waals surface area contributed by atoms with Gasteiger partial charge in [-0.1, -0.05) is 41.4 Å². The fourth-order valence-corrected chi connectivity index (χ4v) is 3.28. The zero-order valence-corrected chi connectivity index (χ0v) is 12.8. The zero-order valence-electron chi connectivity index (χ0n) is 11.3. The molecule has 3 heteroatoms. The molecule has 1 aliphatic carbocycles. The first-order valence-electron chi connectivity index (χ1n) is 7.02. The Labute approximate surface area is 129 Å². The van der Waals surface area contributed by atoms with Crippen molar-refractivity contribution in [3.8, 4) is 0 Å². The summed E-state index contributed by atoms with van der Waals surface area (Å²) in [6, 6.07) is 12.2. The standard InChI is InChI=1S/C17H17Cl2N/c18-14-9-8-13(16(19)10-14)11-20-17-7-3-5-12-4-1-2-6-15(12)17/h3,5,7-10,20H,1-2,4,6,11H2. The minimum Gasteiger partial charge on any atom is -0.381 e. The largest absolute Gasteiger partial charge is 0.381 e. The normalized spacial score (nSPS) is 13.9. The minimum atomic E-state index is 0.677. The zero-order chi connectivity index (χ0) is 13.9. The summed E-state index contributed by atoms with van der Waals surface area (Å²) in [7, 11) is 0. The topological polar surface area (TPSA) is 12.0 Å². The Kier molecular flexibility index (Phi) is 4.18. The third kappa shape index (κ3) is 2.94. The molecule has 0 spiro atoms. The summed E-state index contributed by atoms with van der Waals surface area (Å²) >= 11 is 12.1. The molecule has 0 unspecified atom stereocenters. The van der Waals surface area contributed by atoms with Gasteiger partial charge in [-0.05, 0) is 60.6 Å². The van der Waals surface area contributed by atoms with E-state index >= 15 is 0 Å². The van der Waals surface area contributed by atoms with Crippen molar-refractivity contribution < 1.29 is 0 Å². The summed E-state index contributed by atoms with van der Waals surface area (Å²) in [4.78, 5) is 0. The Hall–Kier alpha value is -1.18. The van der Waals surface area contributed by atoms with Gasteiger partial charge in [-0.15, -0.1) is 0 Å². The van der Waals surface area contributed by atoms with E-state index in [0.29, 0.717) is 5.02 Å². The van der Waals surface area contributed by atoms with Gasteiger partial charge >= 0.3 is 0 Å². The highest BCUT2D eigenvalue weighted by atomic mass is 35.5. The molecule has 3 rings (SSSR count). The Morgan fingerprint density at radius 3 is 2.70 bits per heavy atom. The number of halogens is 2. The molecule has 0 heterocycles. The number of fused-ring (bicyclic) bond motifs is 1. The molecule has 0 atom stereocenters. The monoisotopic (exact) mass is 305 g/mol. The first kappa shape index (κ1) is 13.8. The van der Waals surface area contributed by atoms with Crippen LogP contribution < -0.4 is 5.32 Å². The van der Waals surface area contributed by atoms with Crippen LogP contribution in [0.5, 0.6) is 0 Å². The Bertz CT molecular complexity index is 622. The lowest BCUT2D eigenvalue weighted by Crippen LogP contribution is -2.08. The van der Waals surface area contributed by atoms with Crippen LogP contribution in [0.2, 0.25) is 10.0 Å². The van der Waals surface area contributed by atoms with E-state index in [9.17, 15) is 0 Å². The molecule has 1 aliphatic rings. The Morgan fingerprint density at radius 2 is 1.85 bits per heavy atom. The van der Waals surface area contributed by atoms with Gasteiger partial charge in [-0.25, -0.2) is 0 Å². The van der Waals surface area contributed by atoms with E-state index in [2.05, 4.69) is 23.5 Å². The number of rotatable bonds is 3. The molecule has 0 saturated heterocycles. The Balaban J connectivity index is 1.78. The van der Waals surface area contributed by atoms with Gasteiger partial charge in [0.1, 0.15) is 0 Å². The highest BCUT2D eigenvalue weighted by molar-refractivity contribution is 6.35. The van der Waals surface area contributed by atoms with Crippen molar-refractivity contribution >= 4 is 28.9 Å². The molecule has 0 aromatic heterocycles. The Morgan fingerprint density at radius 1 is 1.00 bits per heavy atom. The van der Waals surface area contributed by atoms with Crippen LogP contribution in [0.4, 0.5) is 5.69 Å². The second-order valence-corrected chi connectivity index (χ2v) is 6.08. The molecule has 0 radical (unpaired) electrons. The van der Waals surface area contributed by atoms with Gasteiger partial charge in [0.05, 0.1) is 0 Å². The van der Waals surface area contributed by atoms with Crippen LogP contribution in [0.1, 0.15) is 29.5 Å². The van der Waals surface area contributed by atoms with Crippen LogP contribution in [0.25, 0.3) is 0 Å². The maximum absolute atomic E-state index is 6.21. The van der Waals surface area contributed by atoms with Crippen LogP contribution in [-0.4, -0.2) is 0 Å². The molecule has 0 aliphatic heterocycles. The van der Waals surface area contributed by atoms with Crippen molar-refractivity contribution in [2.75, 3.05) is 5.32 Å². The molecule has 0 amide bonds. The average Bonchev–Trinajstić information content (AvgIpc) is 2.46. The van der Waals surface area contributed by atoms with Gasteiger partial charge in [0, 0.05) is 22.3 Å². The maximum Gasteiger partial charge on any atom is 0.0470 e. The third-order valence-corrected chi connectivity index (χ3v) is 4.47. The highest BCUT2D eigenvalue weighted by Gasteiger charge is 2.12. The van der Waals surface area contributed by atoms with E-state index in [-0.39, 0.29) is 0 Å². The number of hydrogen-bond acceptors (Lipinski definition) is 1. The smallest absolute Gasteiger partial charge is 0.0470 e. The highest BCUT2D eigenvalue weighted by Crippen LogP contribution is 2.29. The fourth-order valence-electron chi connectivity index (χ4n) is 2.80. The summed E-state index contributed by atoms with van der Waals surface area (Å²) in [5, 5.41) is 4.92. The molecular weight excluding hydrogens is 289 g/mol. The number of aryl methyl sites for hydroxylation is 1. The lowest BCUT2D eigenvalue weighted by atomic mass is 9.90. The van der Waals surface area contributed by atoms with Gasteiger partial charge in [-0.3, -0.25) is 0 Å². The molecule has 2 aromatic carbocycles. The number of hydrogen-bond donors (Lipinski definition) is 1. The molecular formula is C17H17Cl2N. The SMILES string of the molecule is Clc1ccc(CNc2cccc3c2CCCC3)c(Cl)c1. The van der Waals surface area contributed by atoms with Crippen LogP contribution >= 0.6 is 23.2 Å². The fraction of sp³-hybridized carbons (Fsp3) is 0.294. The van der Waals surface area contributed by atoms with Crippen LogP contribution in [-0.2, 0) is 19.4 Å². The molecule has 1 N–H and O–H groups in total. The van der Waals surface area contributed by atoms with Crippen molar-refractivity contribution in [3.63, 3.8) is 0 Å². The molecule has 0 bridgehead atoms. The molecule has 0 saturated carbocycles. The molecule has 0 fully saturated rings. The first-order chi connectivity index (χ1) is 9.74. The third-order valence-electron chi connectivity index (χ3n) is 3.88. The molecule has 20 heavy (non-hydrogen) atoms. The molecule has 104 valence electrons. The molecule has 1 nitrogen and oxygen atoms in total. The van der Waals surface area contributed by atoms with E-state index < -0.39 is 0 Å². The van der Waals surface area contributed by atoms with Crippen LogP contribution in [0.3, 0.4) is 0 Å². The summed E-state index contributed by atoms with van der Waals surface area (Å²) in [5.74, 6) is 0. The lowest BCUT2D eigenvalue weighted by molar-refractivity contribution is 0.686. The predicted octanol–water partition coefficient (Wildman–Crippen LogP) is 5.48. The summed E-state index contributed by atoms with van der Waals surface area (Å²) in [5.41, 5.74) is 5.28. The molecule has 2 aromatic rings. The first-order valence-corrected chi connectivity index (χ1v) is 7.78. The van der Waals surface area contributed by atoms with Crippen molar-refractivity contribution in [2.24, 2.45) is 0 Å². The lowest BCUT2D eigenvalue weighted by Gasteiger charge is -2.20. The van der Waals surface area contributed by atoms with E-state index in [1.807, 2.05) is 12.1 Å². The summed E-state index contributed by atoms with van der Waals surface area (Å²) in [6.45, 7) is 0.729. The van der Waals surface area contributed by atoms with E-state index in [1.54, 1.807) is 6.07 Å². The van der Waals surface area contributed by atoms with Gasteiger partial charge < -0.3 is 5.32 Å². The number of benzene rings is 2. The summed E-state index contributed by atoms with van der Waals surface area (Å²) < 4.78 is 0. The van der Waals surface area contributed by atoms with E-state index in [4.69, 9.17) is 23.2 Å². The average molecular weight is 306 g/mol. The van der Waals surface area contributed by atoms with Gasteiger partial charge in [0.2, 0.25) is 0 Å². The van der Waals surface area contributed by atoms with Crippen molar-refractivity contribution in [1.29, 1.82) is 0 Å². The quantitative estimate of drug-likeness (QED) is 0.791. The second-order valence-electron chi connectivity index (χ2n) is 5.24. The summed E-state index contributed by atoms with van der Waals surface area (Å²) in [6.07, 6.45) is 4.96. The second kappa shape index (κ2) is 6.07. The van der Waals surface area contributed by atoms with Crippen molar-refractivity contribution in [3.05, 3.63) is 63.1 Å². The number of anilines is 1. The maximum atomic E-state index is 6.21. The van der Waals surface area contributed by atoms with E-state index in [0.717, 1.165) is 17.1 Å². The van der Waals surface area contributed by atoms with Gasteiger partial charge in [0.15, 0.2) is 0 Å². The van der Waals surface area contributed by atoms with Gasteiger partial charge in [-0.2, -0.15) is 0 Å². The predicted molar refractivity (Wildman–Crippen MR) is 86.9 cm³/mol. The van der Waals surface area contributed by atoms with Crippen molar-refractivity contribution in [1.82, 2.24) is 0 Å². The van der Waals surface area contributed by atoms with E-state index in [1.165, 1.54) is 42.5 Å². The minimum absolute atomic E-state index is 0.677. The van der Waals surface area contributed by atoms with Crippen molar-refractivity contribution in [2.45, 2.75) is 32.2 Å². The number of nitrogens with one attached hydrogen (secondary N) is 1. The van der Waals surface area contributed by atoms with Gasteiger partial charge in [0.25, 0.3) is 0 Å².